The molecule has 1 aromatic carbocycles. The largest absolute Gasteiger partial charge is 0.488 e. The minimum absolute atomic E-state index is 0.0186. The third kappa shape index (κ3) is 3.29. The Balaban J connectivity index is 2.67. The van der Waals surface area contributed by atoms with Gasteiger partial charge in [-0.2, -0.15) is 0 Å². The van der Waals surface area contributed by atoms with E-state index in [0.29, 0.717) is 11.3 Å². The minimum Gasteiger partial charge on any atom is -0.488 e. The van der Waals surface area contributed by atoms with Crippen LogP contribution in [0.3, 0.4) is 0 Å². The Hall–Kier alpha value is -2.00. The molecule has 0 heterocycles. The van der Waals surface area contributed by atoms with Crippen LogP contribution in [-0.2, 0) is 0 Å². The maximum Gasteiger partial charge on any atom is 0.167 e. The Bertz CT molecular complexity index is 406. The highest BCUT2D eigenvalue weighted by Gasteiger charge is 2.09. The average molecular weight is 219 g/mol. The molecule has 0 spiro atoms. The first kappa shape index (κ1) is 12.1. The van der Waals surface area contributed by atoms with Crippen LogP contribution in [0.5, 0.6) is 5.75 Å². The summed E-state index contributed by atoms with van der Waals surface area (Å²) in [6, 6.07) is 6.77. The van der Waals surface area contributed by atoms with Gasteiger partial charge in [-0.15, -0.1) is 0 Å². The molecule has 0 unspecified atom stereocenters. The Morgan fingerprint density at radius 1 is 1.44 bits per heavy atom. The van der Waals surface area contributed by atoms with Gasteiger partial charge in [0.1, 0.15) is 5.75 Å². The van der Waals surface area contributed by atoms with Crippen molar-refractivity contribution in [2.24, 2.45) is 11.0 Å². The molecule has 0 saturated heterocycles. The van der Waals surface area contributed by atoms with Crippen LogP contribution in [0.25, 0.3) is 10.4 Å². The zero-order valence-corrected chi connectivity index (χ0v) is 9.25. The van der Waals surface area contributed by atoms with E-state index in [0.717, 1.165) is 0 Å². The number of ketones is 1. The van der Waals surface area contributed by atoms with E-state index in [1.54, 1.807) is 24.3 Å². The van der Waals surface area contributed by atoms with Gasteiger partial charge in [-0.05, 0) is 29.8 Å². The minimum atomic E-state index is -0.0476. The Kier molecular flexibility index (Phi) is 4.36. The molecular weight excluding hydrogens is 206 g/mol. The smallest absolute Gasteiger partial charge is 0.167 e. The second-order valence-electron chi connectivity index (χ2n) is 3.55. The van der Waals surface area contributed by atoms with Crippen molar-refractivity contribution in [1.29, 1.82) is 0 Å². The first-order valence-corrected chi connectivity index (χ1v) is 4.93. The second-order valence-corrected chi connectivity index (χ2v) is 3.55. The maximum atomic E-state index is 11.6. The molecule has 0 bridgehead atoms. The van der Waals surface area contributed by atoms with Gasteiger partial charge in [0, 0.05) is 16.4 Å². The fourth-order valence-corrected chi connectivity index (χ4v) is 1.18. The number of hydrogen-bond acceptors (Lipinski definition) is 3. The molecule has 1 aromatic rings. The second kappa shape index (κ2) is 5.78. The van der Waals surface area contributed by atoms with E-state index in [9.17, 15) is 4.79 Å². The Morgan fingerprint density at radius 2 is 2.06 bits per heavy atom. The van der Waals surface area contributed by atoms with Gasteiger partial charge in [-0.3, -0.25) is 4.79 Å². The summed E-state index contributed by atoms with van der Waals surface area (Å²) in [4.78, 5) is 14.2. The monoisotopic (exact) mass is 219 g/mol. The SMILES string of the molecule is CC(C)C(=O)c1ccc(OCN=[N+]=[N-])cc1. The lowest BCUT2D eigenvalue weighted by Crippen LogP contribution is -2.07. The highest BCUT2D eigenvalue weighted by molar-refractivity contribution is 5.97. The number of azide groups is 1. The van der Waals surface area contributed by atoms with Crippen molar-refractivity contribution >= 4 is 5.78 Å². The van der Waals surface area contributed by atoms with Crippen molar-refractivity contribution in [3.8, 4) is 5.75 Å². The van der Waals surface area contributed by atoms with Gasteiger partial charge < -0.3 is 4.74 Å². The molecule has 5 heteroatoms. The molecule has 0 amide bonds. The van der Waals surface area contributed by atoms with Crippen LogP contribution in [0.15, 0.2) is 29.4 Å². The van der Waals surface area contributed by atoms with E-state index in [-0.39, 0.29) is 18.4 Å². The van der Waals surface area contributed by atoms with E-state index >= 15 is 0 Å². The van der Waals surface area contributed by atoms with Crippen LogP contribution in [0.4, 0.5) is 0 Å². The molecule has 0 fully saturated rings. The molecule has 1 rings (SSSR count). The van der Waals surface area contributed by atoms with Crippen molar-refractivity contribution in [3.63, 3.8) is 0 Å². The summed E-state index contributed by atoms with van der Waals surface area (Å²) >= 11 is 0. The van der Waals surface area contributed by atoms with E-state index in [1.165, 1.54) is 0 Å². The fourth-order valence-electron chi connectivity index (χ4n) is 1.18. The highest BCUT2D eigenvalue weighted by atomic mass is 16.5. The van der Waals surface area contributed by atoms with Gasteiger partial charge in [0.2, 0.25) is 0 Å². The zero-order valence-electron chi connectivity index (χ0n) is 9.25. The van der Waals surface area contributed by atoms with Crippen LogP contribution in [0.1, 0.15) is 24.2 Å². The van der Waals surface area contributed by atoms with Gasteiger partial charge in [0.25, 0.3) is 0 Å². The summed E-state index contributed by atoms with van der Waals surface area (Å²) in [5, 5.41) is 3.24. The number of carbonyl (C=O) groups excluding carboxylic acids is 1. The summed E-state index contributed by atoms with van der Waals surface area (Å²) in [7, 11) is 0. The van der Waals surface area contributed by atoms with Gasteiger partial charge in [-0.25, -0.2) is 0 Å². The van der Waals surface area contributed by atoms with Crippen LogP contribution in [0, 0.1) is 5.92 Å². The van der Waals surface area contributed by atoms with Crippen LogP contribution in [-0.4, -0.2) is 12.5 Å². The molecular formula is C11H13N3O2. The Labute approximate surface area is 93.7 Å². The number of Topliss-reactive ketones (excluding diaryl/α,β-unsaturated/α-hetero) is 1. The topological polar surface area (TPSA) is 75.1 Å². The molecule has 0 aliphatic heterocycles. The summed E-state index contributed by atoms with van der Waals surface area (Å²) in [6.45, 7) is 3.66. The summed E-state index contributed by atoms with van der Waals surface area (Å²) < 4.78 is 5.11. The number of rotatable bonds is 5. The standard InChI is InChI=1S/C11H13N3O2/c1-8(2)11(15)9-3-5-10(6-4-9)16-7-13-14-12/h3-6,8H,7H2,1-2H3. The average Bonchev–Trinajstić information content (AvgIpc) is 2.29. The summed E-state index contributed by atoms with van der Waals surface area (Å²) in [5.41, 5.74) is 8.71. The molecule has 84 valence electrons. The lowest BCUT2D eigenvalue weighted by atomic mass is 10.0. The normalized spacial score (nSPS) is 9.69. The first-order valence-electron chi connectivity index (χ1n) is 4.93. The summed E-state index contributed by atoms with van der Waals surface area (Å²) in [6.07, 6.45) is 0. The number of carbonyl (C=O) groups is 1. The van der Waals surface area contributed by atoms with Crippen molar-refractivity contribution in [1.82, 2.24) is 0 Å². The lowest BCUT2D eigenvalue weighted by Gasteiger charge is -2.06. The van der Waals surface area contributed by atoms with Crippen molar-refractivity contribution in [3.05, 3.63) is 40.3 Å². The fraction of sp³-hybridized carbons (Fsp3) is 0.364. The highest BCUT2D eigenvalue weighted by Crippen LogP contribution is 2.15. The predicted molar refractivity (Wildman–Crippen MR) is 60.3 cm³/mol. The molecule has 0 aliphatic rings. The van der Waals surface area contributed by atoms with E-state index in [2.05, 4.69) is 10.0 Å². The molecule has 0 atom stereocenters. The van der Waals surface area contributed by atoms with E-state index in [1.807, 2.05) is 13.8 Å². The number of benzene rings is 1. The number of hydrogen-bond donors (Lipinski definition) is 0. The zero-order chi connectivity index (χ0) is 12.0. The number of nitrogens with zero attached hydrogens (tertiary/aromatic N) is 3. The van der Waals surface area contributed by atoms with Crippen LogP contribution >= 0.6 is 0 Å². The summed E-state index contributed by atoms with van der Waals surface area (Å²) in [5.74, 6) is 0.657. The van der Waals surface area contributed by atoms with Crippen molar-refractivity contribution in [2.75, 3.05) is 6.73 Å². The molecule has 0 radical (unpaired) electrons. The lowest BCUT2D eigenvalue weighted by molar-refractivity contribution is 0.0939. The molecule has 0 saturated carbocycles. The third-order valence-corrected chi connectivity index (χ3v) is 2.02. The molecule has 0 aromatic heterocycles. The Morgan fingerprint density at radius 3 is 2.56 bits per heavy atom. The molecule has 5 nitrogen and oxygen atoms in total. The van der Waals surface area contributed by atoms with Crippen molar-refractivity contribution < 1.29 is 9.53 Å². The molecule has 16 heavy (non-hydrogen) atoms. The maximum absolute atomic E-state index is 11.6. The van der Waals surface area contributed by atoms with Gasteiger partial charge in [0.15, 0.2) is 12.5 Å². The van der Waals surface area contributed by atoms with Crippen LogP contribution in [0.2, 0.25) is 0 Å². The third-order valence-electron chi connectivity index (χ3n) is 2.02. The first-order chi connectivity index (χ1) is 7.65. The van der Waals surface area contributed by atoms with Crippen LogP contribution < -0.4 is 4.74 Å². The number of ether oxygens (including phenoxy) is 1. The van der Waals surface area contributed by atoms with Gasteiger partial charge in [0.05, 0.1) is 0 Å². The quantitative estimate of drug-likeness (QED) is 0.330. The van der Waals surface area contributed by atoms with Gasteiger partial charge >= 0.3 is 0 Å². The molecule has 0 N–H and O–H groups in total. The van der Waals surface area contributed by atoms with E-state index < -0.39 is 0 Å². The predicted octanol–water partition coefficient (Wildman–Crippen LogP) is 3.17. The van der Waals surface area contributed by atoms with Crippen molar-refractivity contribution in [2.45, 2.75) is 13.8 Å². The van der Waals surface area contributed by atoms with E-state index in [4.69, 9.17) is 10.3 Å². The van der Waals surface area contributed by atoms with Gasteiger partial charge in [-0.1, -0.05) is 19.0 Å². The molecule has 0 aliphatic carbocycles.